The van der Waals surface area contributed by atoms with Crippen molar-refractivity contribution in [1.29, 1.82) is 0 Å². The van der Waals surface area contributed by atoms with Crippen LogP contribution in [0.4, 0.5) is 5.69 Å². The molecule has 2 fully saturated rings. The first-order valence-electron chi connectivity index (χ1n) is 14.0. The predicted octanol–water partition coefficient (Wildman–Crippen LogP) is 4.81. The van der Waals surface area contributed by atoms with Gasteiger partial charge in [-0.25, -0.2) is 0 Å². The first-order valence-corrected chi connectivity index (χ1v) is 14.0. The molecule has 0 unspecified atom stereocenters. The monoisotopic (exact) mass is 499 g/mol. The Morgan fingerprint density at radius 2 is 1.83 bits per heavy atom. The maximum absolute atomic E-state index is 13.5. The van der Waals surface area contributed by atoms with E-state index < -0.39 is 0 Å². The number of ether oxygens (including phenoxy) is 2. The van der Waals surface area contributed by atoms with E-state index in [0.29, 0.717) is 30.2 Å². The van der Waals surface area contributed by atoms with E-state index in [1.54, 1.807) is 18.1 Å². The van der Waals surface area contributed by atoms with Gasteiger partial charge in [0.15, 0.2) is 0 Å². The molecular weight excluding hydrogens is 454 g/mol. The van der Waals surface area contributed by atoms with Crippen LogP contribution < -0.4 is 10.1 Å². The first-order chi connectivity index (χ1) is 17.4. The number of amides is 2. The minimum absolute atomic E-state index is 0.0383. The molecular formula is C29H45N3O4. The molecule has 3 aliphatic rings. The lowest BCUT2D eigenvalue weighted by molar-refractivity contribution is -0.122. The molecule has 1 aliphatic heterocycles. The summed E-state index contributed by atoms with van der Waals surface area (Å²) in [6, 6.07) is 5.66. The lowest BCUT2D eigenvalue weighted by Gasteiger charge is -2.38. The van der Waals surface area contributed by atoms with E-state index in [9.17, 15) is 9.59 Å². The van der Waals surface area contributed by atoms with Crippen LogP contribution in [-0.2, 0) is 9.53 Å². The first kappa shape index (κ1) is 26.9. The van der Waals surface area contributed by atoms with E-state index in [0.717, 1.165) is 38.3 Å². The Balaban J connectivity index is 1.57. The topological polar surface area (TPSA) is 71.1 Å². The molecule has 200 valence electrons. The van der Waals surface area contributed by atoms with Gasteiger partial charge in [-0.2, -0.15) is 0 Å². The molecule has 0 aromatic heterocycles. The molecule has 0 radical (unpaired) electrons. The highest BCUT2D eigenvalue weighted by Crippen LogP contribution is 2.31. The average Bonchev–Trinajstić information content (AvgIpc) is 2.84. The van der Waals surface area contributed by atoms with Crippen LogP contribution >= 0.6 is 0 Å². The van der Waals surface area contributed by atoms with Gasteiger partial charge in [0, 0.05) is 51.4 Å². The van der Waals surface area contributed by atoms with E-state index >= 15 is 0 Å². The summed E-state index contributed by atoms with van der Waals surface area (Å²) in [7, 11) is 3.56. The third-order valence-electron chi connectivity index (χ3n) is 8.53. The summed E-state index contributed by atoms with van der Waals surface area (Å²) in [5.41, 5.74) is 1.13. The lowest BCUT2D eigenvalue weighted by Crippen LogP contribution is -2.48. The zero-order chi connectivity index (χ0) is 25.7. The van der Waals surface area contributed by atoms with Crippen molar-refractivity contribution in [2.24, 2.45) is 17.8 Å². The van der Waals surface area contributed by atoms with E-state index in [-0.39, 0.29) is 35.8 Å². The Hall–Kier alpha value is -2.12. The molecule has 2 amide bonds. The molecule has 36 heavy (non-hydrogen) atoms. The highest BCUT2D eigenvalue weighted by molar-refractivity contribution is 6.00. The maximum atomic E-state index is 13.5. The number of nitrogens with zero attached hydrogens (tertiary/aromatic N) is 2. The van der Waals surface area contributed by atoms with Crippen molar-refractivity contribution in [2.45, 2.75) is 77.4 Å². The summed E-state index contributed by atoms with van der Waals surface area (Å²) in [6.45, 7) is 7.46. The molecule has 0 saturated heterocycles. The second kappa shape index (κ2) is 12.4. The van der Waals surface area contributed by atoms with Crippen molar-refractivity contribution < 1.29 is 19.1 Å². The van der Waals surface area contributed by atoms with Gasteiger partial charge in [-0.1, -0.05) is 32.6 Å². The van der Waals surface area contributed by atoms with Crippen molar-refractivity contribution in [3.05, 3.63) is 23.8 Å². The van der Waals surface area contributed by atoms with Crippen LogP contribution in [0.25, 0.3) is 0 Å². The summed E-state index contributed by atoms with van der Waals surface area (Å²) in [4.78, 5) is 30.3. The van der Waals surface area contributed by atoms with Gasteiger partial charge in [-0.15, -0.1) is 0 Å². The summed E-state index contributed by atoms with van der Waals surface area (Å²) < 4.78 is 12.2. The zero-order valence-electron chi connectivity index (χ0n) is 22.6. The van der Waals surface area contributed by atoms with Gasteiger partial charge >= 0.3 is 0 Å². The van der Waals surface area contributed by atoms with Crippen molar-refractivity contribution in [1.82, 2.24) is 9.80 Å². The van der Waals surface area contributed by atoms with Gasteiger partial charge in [0.05, 0.1) is 11.7 Å². The van der Waals surface area contributed by atoms with Gasteiger partial charge in [0.25, 0.3) is 5.91 Å². The minimum Gasteiger partial charge on any atom is -0.491 e. The van der Waals surface area contributed by atoms with Gasteiger partial charge in [0.1, 0.15) is 12.4 Å². The second-order valence-electron chi connectivity index (χ2n) is 11.4. The van der Waals surface area contributed by atoms with Gasteiger partial charge in [0.2, 0.25) is 5.91 Å². The lowest BCUT2D eigenvalue weighted by atomic mass is 9.85. The third kappa shape index (κ3) is 6.60. The fourth-order valence-corrected chi connectivity index (χ4v) is 5.80. The number of fused-ring (bicyclic) bond motifs is 1. The van der Waals surface area contributed by atoms with E-state index in [2.05, 4.69) is 24.1 Å². The predicted molar refractivity (Wildman–Crippen MR) is 142 cm³/mol. The molecule has 3 atom stereocenters. The van der Waals surface area contributed by atoms with E-state index in [4.69, 9.17) is 9.47 Å². The van der Waals surface area contributed by atoms with Crippen LogP contribution in [0.15, 0.2) is 18.2 Å². The van der Waals surface area contributed by atoms with Crippen molar-refractivity contribution in [2.75, 3.05) is 45.7 Å². The Morgan fingerprint density at radius 3 is 2.50 bits per heavy atom. The van der Waals surface area contributed by atoms with E-state index in [1.165, 1.54) is 32.1 Å². The number of likely N-dealkylation sites (N-methyl/N-ethyl adjacent to an activating group) is 1. The molecule has 4 rings (SSSR count). The molecule has 2 aliphatic carbocycles. The smallest absolute Gasteiger partial charge is 0.257 e. The van der Waals surface area contributed by atoms with Crippen LogP contribution in [0.5, 0.6) is 5.75 Å². The molecule has 1 aromatic rings. The zero-order valence-corrected chi connectivity index (χ0v) is 22.6. The van der Waals surface area contributed by atoms with Crippen molar-refractivity contribution in [3.8, 4) is 5.75 Å². The molecule has 2 saturated carbocycles. The van der Waals surface area contributed by atoms with Crippen LogP contribution in [0.3, 0.4) is 0 Å². The van der Waals surface area contributed by atoms with Crippen LogP contribution in [0.1, 0.15) is 75.6 Å². The van der Waals surface area contributed by atoms with Crippen molar-refractivity contribution >= 4 is 17.5 Å². The molecule has 0 bridgehead atoms. The largest absolute Gasteiger partial charge is 0.491 e. The fourth-order valence-electron chi connectivity index (χ4n) is 5.80. The molecule has 1 aromatic carbocycles. The number of methoxy groups -OCH3 is 1. The molecule has 1 N–H and O–H groups in total. The molecule has 7 nitrogen and oxygen atoms in total. The van der Waals surface area contributed by atoms with Gasteiger partial charge < -0.3 is 19.7 Å². The van der Waals surface area contributed by atoms with Gasteiger partial charge in [-0.05, 0) is 62.6 Å². The number of carbonyl (C=O) groups excluding carboxylic acids is 2. The average molecular weight is 500 g/mol. The molecule has 1 heterocycles. The number of hydrogen-bond acceptors (Lipinski definition) is 5. The summed E-state index contributed by atoms with van der Waals surface area (Å²) in [5.74, 6) is 1.58. The Morgan fingerprint density at radius 1 is 1.08 bits per heavy atom. The van der Waals surface area contributed by atoms with Crippen LogP contribution in [0, 0.1) is 17.8 Å². The van der Waals surface area contributed by atoms with Crippen LogP contribution in [0.2, 0.25) is 0 Å². The fraction of sp³-hybridized carbons (Fsp3) is 0.724. The summed E-state index contributed by atoms with van der Waals surface area (Å²) in [5, 5.41) is 3.01. The minimum atomic E-state index is -0.119. The standard InChI is InChI=1S/C29H45N3O4/c1-20-16-32(17-22-9-6-5-7-10-22)21(2)19-36-26-14-13-24(30-28(33)23-11-8-12-23)15-25(26)29(34)31(3)18-27(20)35-4/h13-15,20-23,27H,5-12,16-19H2,1-4H3,(H,30,33)/t20-,21-,27-/m1/s1. The quantitative estimate of drug-likeness (QED) is 0.630. The SMILES string of the molecule is CO[C@@H]1CN(C)C(=O)c2cc(NC(=O)C3CCC3)ccc2OC[C@@H](C)N(CC2CCCCC2)C[C@H]1C. The molecule has 0 spiro atoms. The normalized spacial score (nSPS) is 27.3. The van der Waals surface area contributed by atoms with Gasteiger partial charge in [-0.3, -0.25) is 14.5 Å². The second-order valence-corrected chi connectivity index (χ2v) is 11.4. The number of rotatable bonds is 5. The maximum Gasteiger partial charge on any atom is 0.257 e. The number of carbonyl (C=O) groups is 2. The van der Waals surface area contributed by atoms with Crippen LogP contribution in [-0.4, -0.2) is 74.2 Å². The number of benzene rings is 1. The highest BCUT2D eigenvalue weighted by atomic mass is 16.5. The number of hydrogen-bond donors (Lipinski definition) is 1. The summed E-state index contributed by atoms with van der Waals surface area (Å²) in [6.07, 6.45) is 9.56. The molecule has 7 heteroatoms. The number of anilines is 1. The summed E-state index contributed by atoms with van der Waals surface area (Å²) >= 11 is 0. The van der Waals surface area contributed by atoms with Crippen molar-refractivity contribution in [3.63, 3.8) is 0 Å². The highest BCUT2D eigenvalue weighted by Gasteiger charge is 2.30. The Kier molecular flexibility index (Phi) is 9.29. The Labute approximate surface area is 216 Å². The number of nitrogens with one attached hydrogen (secondary N) is 1. The Bertz CT molecular complexity index is 897. The third-order valence-corrected chi connectivity index (χ3v) is 8.53. The van der Waals surface area contributed by atoms with E-state index in [1.807, 2.05) is 19.2 Å².